The number of benzene rings is 4. The summed E-state index contributed by atoms with van der Waals surface area (Å²) in [5, 5.41) is 2.52. The van der Waals surface area contributed by atoms with Gasteiger partial charge in [0.05, 0.1) is 28.4 Å². The standard InChI is InChI=1S/C23H18N2/c1-24-20-12-4-6-14-22(20)25(23-15-7-5-13-21(23)24)19-16-8-10-17-9-2-3-11-18(17)19/h2-16H,1H3. The third-order valence-corrected chi connectivity index (χ3v) is 4.98. The monoisotopic (exact) mass is 322 g/mol. The van der Waals surface area contributed by atoms with Crippen LogP contribution in [0.15, 0.2) is 91.0 Å². The Balaban J connectivity index is 1.86. The first kappa shape index (κ1) is 14.1. The molecule has 0 atom stereocenters. The predicted octanol–water partition coefficient (Wildman–Crippen LogP) is 6.39. The maximum absolute atomic E-state index is 2.38. The van der Waals surface area contributed by atoms with Crippen molar-refractivity contribution in [3.8, 4) is 0 Å². The first-order chi connectivity index (χ1) is 12.3. The molecule has 2 heteroatoms. The Hall–Kier alpha value is -3.26. The van der Waals surface area contributed by atoms with Gasteiger partial charge in [0.25, 0.3) is 0 Å². The Bertz CT molecular complexity index is 1030. The summed E-state index contributed by atoms with van der Waals surface area (Å²) in [6.45, 7) is 0. The summed E-state index contributed by atoms with van der Waals surface area (Å²) in [5.41, 5.74) is 6.06. The van der Waals surface area contributed by atoms with E-state index in [4.69, 9.17) is 0 Å². The number of para-hydroxylation sites is 4. The second-order valence-corrected chi connectivity index (χ2v) is 6.37. The van der Waals surface area contributed by atoms with Crippen LogP contribution in [-0.2, 0) is 0 Å². The van der Waals surface area contributed by atoms with Gasteiger partial charge in [-0.15, -0.1) is 0 Å². The highest BCUT2D eigenvalue weighted by Gasteiger charge is 2.27. The van der Waals surface area contributed by atoms with E-state index in [2.05, 4.69) is 108 Å². The molecule has 0 fully saturated rings. The van der Waals surface area contributed by atoms with Crippen molar-refractivity contribution in [2.24, 2.45) is 0 Å². The van der Waals surface area contributed by atoms with E-state index in [1.807, 2.05) is 0 Å². The van der Waals surface area contributed by atoms with Crippen LogP contribution in [0.1, 0.15) is 0 Å². The molecule has 2 nitrogen and oxygen atoms in total. The Kier molecular flexibility index (Phi) is 3.04. The van der Waals surface area contributed by atoms with Crippen LogP contribution in [0.2, 0.25) is 0 Å². The maximum Gasteiger partial charge on any atom is 0.0699 e. The lowest BCUT2D eigenvalue weighted by Crippen LogP contribution is -2.24. The Morgan fingerprint density at radius 1 is 0.480 bits per heavy atom. The first-order valence-electron chi connectivity index (χ1n) is 8.54. The van der Waals surface area contributed by atoms with Crippen LogP contribution in [0.3, 0.4) is 0 Å². The van der Waals surface area contributed by atoms with Gasteiger partial charge in [-0.05, 0) is 35.7 Å². The molecule has 0 spiro atoms. The fourth-order valence-electron chi connectivity index (χ4n) is 3.80. The van der Waals surface area contributed by atoms with Gasteiger partial charge in [-0.1, -0.05) is 60.7 Å². The number of rotatable bonds is 1. The SMILES string of the molecule is CN1c2ccccc2N(c2cccc3ccccc23)c2ccccc21. The summed E-state index contributed by atoms with van der Waals surface area (Å²) in [5.74, 6) is 0. The van der Waals surface area contributed by atoms with Crippen molar-refractivity contribution in [3.05, 3.63) is 91.0 Å². The van der Waals surface area contributed by atoms with Crippen LogP contribution >= 0.6 is 0 Å². The van der Waals surface area contributed by atoms with Gasteiger partial charge in [-0.3, -0.25) is 0 Å². The van der Waals surface area contributed by atoms with E-state index in [-0.39, 0.29) is 0 Å². The average Bonchev–Trinajstić information content (AvgIpc) is 2.68. The molecule has 0 amide bonds. The van der Waals surface area contributed by atoms with Crippen molar-refractivity contribution in [3.63, 3.8) is 0 Å². The van der Waals surface area contributed by atoms with Gasteiger partial charge >= 0.3 is 0 Å². The van der Waals surface area contributed by atoms with Gasteiger partial charge in [0.2, 0.25) is 0 Å². The topological polar surface area (TPSA) is 6.48 Å². The molecule has 1 aliphatic heterocycles. The van der Waals surface area contributed by atoms with E-state index in [9.17, 15) is 0 Å². The van der Waals surface area contributed by atoms with E-state index >= 15 is 0 Å². The third-order valence-electron chi connectivity index (χ3n) is 4.98. The number of hydrogen-bond acceptors (Lipinski definition) is 2. The zero-order valence-corrected chi connectivity index (χ0v) is 14.1. The van der Waals surface area contributed by atoms with Crippen molar-refractivity contribution < 1.29 is 0 Å². The van der Waals surface area contributed by atoms with Crippen LogP contribution in [0.4, 0.5) is 28.4 Å². The molecule has 5 rings (SSSR count). The average molecular weight is 322 g/mol. The molecule has 0 unspecified atom stereocenters. The molecule has 25 heavy (non-hydrogen) atoms. The second-order valence-electron chi connectivity index (χ2n) is 6.37. The van der Waals surface area contributed by atoms with Crippen LogP contribution < -0.4 is 9.80 Å². The van der Waals surface area contributed by atoms with E-state index < -0.39 is 0 Å². The highest BCUT2D eigenvalue weighted by atomic mass is 15.3. The predicted molar refractivity (Wildman–Crippen MR) is 107 cm³/mol. The van der Waals surface area contributed by atoms with Crippen LogP contribution in [0, 0.1) is 0 Å². The van der Waals surface area contributed by atoms with Gasteiger partial charge in [0.15, 0.2) is 0 Å². The minimum Gasteiger partial charge on any atom is -0.341 e. The first-order valence-corrected chi connectivity index (χ1v) is 8.54. The fraction of sp³-hybridized carbons (Fsp3) is 0.0435. The number of nitrogens with zero attached hydrogens (tertiary/aromatic N) is 2. The summed E-state index contributed by atoms with van der Waals surface area (Å²) in [6, 6.07) is 32.3. The largest absolute Gasteiger partial charge is 0.341 e. The quantitative estimate of drug-likeness (QED) is 0.400. The Morgan fingerprint density at radius 2 is 0.960 bits per heavy atom. The molecule has 4 aromatic carbocycles. The van der Waals surface area contributed by atoms with Crippen LogP contribution in [0.25, 0.3) is 10.8 Å². The summed E-state index contributed by atoms with van der Waals surface area (Å²) in [7, 11) is 2.14. The molecule has 0 radical (unpaired) electrons. The van der Waals surface area contributed by atoms with Crippen molar-refractivity contribution >= 4 is 39.2 Å². The van der Waals surface area contributed by atoms with Gasteiger partial charge in [0.1, 0.15) is 0 Å². The highest BCUT2D eigenvalue weighted by molar-refractivity contribution is 6.05. The zero-order chi connectivity index (χ0) is 16.8. The Morgan fingerprint density at radius 3 is 1.64 bits per heavy atom. The lowest BCUT2D eigenvalue weighted by atomic mass is 10.0. The van der Waals surface area contributed by atoms with Gasteiger partial charge < -0.3 is 9.80 Å². The minimum atomic E-state index is 1.21. The normalized spacial score (nSPS) is 12.8. The van der Waals surface area contributed by atoms with Crippen LogP contribution in [-0.4, -0.2) is 7.05 Å². The molecule has 4 aromatic rings. The second kappa shape index (κ2) is 5.38. The maximum atomic E-state index is 2.38. The van der Waals surface area contributed by atoms with Crippen molar-refractivity contribution in [2.45, 2.75) is 0 Å². The lowest BCUT2D eigenvalue weighted by Gasteiger charge is -2.39. The molecule has 0 aliphatic carbocycles. The summed E-state index contributed by atoms with van der Waals surface area (Å²) in [4.78, 5) is 4.65. The molecule has 0 N–H and O–H groups in total. The molecule has 1 aliphatic rings. The molecule has 1 heterocycles. The molecule has 0 bridgehead atoms. The van der Waals surface area contributed by atoms with E-state index in [0.717, 1.165) is 0 Å². The van der Waals surface area contributed by atoms with Gasteiger partial charge in [-0.2, -0.15) is 0 Å². The van der Waals surface area contributed by atoms with Crippen molar-refractivity contribution in [1.29, 1.82) is 0 Å². The molecule has 0 aromatic heterocycles. The van der Waals surface area contributed by atoms with Crippen LogP contribution in [0.5, 0.6) is 0 Å². The van der Waals surface area contributed by atoms with E-state index in [1.54, 1.807) is 0 Å². The van der Waals surface area contributed by atoms with Crippen molar-refractivity contribution in [2.75, 3.05) is 16.8 Å². The molecule has 120 valence electrons. The molecular formula is C23H18N2. The van der Waals surface area contributed by atoms with Crippen molar-refractivity contribution in [1.82, 2.24) is 0 Å². The third kappa shape index (κ3) is 2.04. The smallest absolute Gasteiger partial charge is 0.0699 e. The number of hydrogen-bond donors (Lipinski definition) is 0. The number of anilines is 5. The fourth-order valence-corrected chi connectivity index (χ4v) is 3.80. The lowest BCUT2D eigenvalue weighted by molar-refractivity contribution is 1.13. The highest BCUT2D eigenvalue weighted by Crippen LogP contribution is 2.51. The van der Waals surface area contributed by atoms with Gasteiger partial charge in [0, 0.05) is 12.4 Å². The molecule has 0 saturated heterocycles. The number of fused-ring (bicyclic) bond motifs is 3. The van der Waals surface area contributed by atoms with E-state index in [0.29, 0.717) is 0 Å². The van der Waals surface area contributed by atoms with Gasteiger partial charge in [-0.25, -0.2) is 0 Å². The summed E-state index contributed by atoms with van der Waals surface area (Å²) in [6.07, 6.45) is 0. The zero-order valence-electron chi connectivity index (χ0n) is 14.1. The summed E-state index contributed by atoms with van der Waals surface area (Å²) < 4.78 is 0. The molecule has 0 saturated carbocycles. The molecular weight excluding hydrogens is 304 g/mol. The van der Waals surface area contributed by atoms with E-state index in [1.165, 1.54) is 39.2 Å². The summed E-state index contributed by atoms with van der Waals surface area (Å²) >= 11 is 0. The minimum absolute atomic E-state index is 1.21. The Labute approximate surface area is 147 Å².